The van der Waals surface area contributed by atoms with Gasteiger partial charge in [-0.15, -0.1) is 0 Å². The third-order valence-electron chi connectivity index (χ3n) is 5.95. The number of hydrogen-bond acceptors (Lipinski definition) is 7. The van der Waals surface area contributed by atoms with Gasteiger partial charge in [0.05, 0.1) is 16.9 Å². The fourth-order valence-corrected chi connectivity index (χ4v) is 4.16. The van der Waals surface area contributed by atoms with Gasteiger partial charge in [0.15, 0.2) is 0 Å². The quantitative estimate of drug-likeness (QED) is 0.168. The molecule has 10 nitrogen and oxygen atoms in total. The number of aromatic amines is 1. The summed E-state index contributed by atoms with van der Waals surface area (Å²) in [5.74, 6) is -0.197. The van der Waals surface area contributed by atoms with Gasteiger partial charge in [-0.1, -0.05) is 23.7 Å². The third kappa shape index (κ3) is 7.13. The minimum atomic E-state index is -0.302. The molecule has 0 spiro atoms. The van der Waals surface area contributed by atoms with Crippen molar-refractivity contribution in [2.24, 2.45) is 0 Å². The van der Waals surface area contributed by atoms with Crippen LogP contribution in [0, 0.1) is 0 Å². The van der Waals surface area contributed by atoms with Crippen molar-refractivity contribution in [3.8, 4) is 11.3 Å². The number of nitrogens with zero attached hydrogens (tertiary/aromatic N) is 4. The van der Waals surface area contributed by atoms with E-state index in [1.54, 1.807) is 67.0 Å². The van der Waals surface area contributed by atoms with Crippen LogP contribution in [0.15, 0.2) is 91.4 Å². The number of benzene rings is 2. The first-order valence-electron chi connectivity index (χ1n) is 12.7. The van der Waals surface area contributed by atoms with Crippen LogP contribution < -0.4 is 16.0 Å². The number of hydrogen-bond donors (Lipinski definition) is 4. The number of amides is 2. The molecule has 5 rings (SSSR count). The molecule has 0 saturated carbocycles. The highest BCUT2D eigenvalue weighted by molar-refractivity contribution is 6.33. The van der Waals surface area contributed by atoms with Gasteiger partial charge in [0.25, 0.3) is 5.91 Å². The molecular weight excluding hydrogens is 540 g/mol. The Bertz CT molecular complexity index is 1730. The maximum atomic E-state index is 12.8. The van der Waals surface area contributed by atoms with Crippen LogP contribution in [0.1, 0.15) is 10.4 Å². The fraction of sp³-hybridized carbons (Fsp3) is 0.100. The van der Waals surface area contributed by atoms with Crippen LogP contribution in [0.4, 0.5) is 23.0 Å². The van der Waals surface area contributed by atoms with E-state index in [0.29, 0.717) is 40.1 Å². The Labute approximate surface area is 241 Å². The number of carbonyl (C=O) groups excluding carboxylic acids is 2. The number of fused-ring (bicyclic) bond motifs is 1. The summed E-state index contributed by atoms with van der Waals surface area (Å²) in [7, 11) is 3.84. The summed E-state index contributed by atoms with van der Waals surface area (Å²) in [6.45, 7) is 0.654. The maximum absolute atomic E-state index is 12.8. The van der Waals surface area contributed by atoms with Crippen LogP contribution in [0.3, 0.4) is 0 Å². The molecule has 3 aromatic heterocycles. The van der Waals surface area contributed by atoms with Gasteiger partial charge in [-0.3, -0.25) is 9.59 Å². The second kappa shape index (κ2) is 12.4. The first-order valence-corrected chi connectivity index (χ1v) is 13.1. The molecule has 41 heavy (non-hydrogen) atoms. The second-order valence-corrected chi connectivity index (χ2v) is 9.83. The summed E-state index contributed by atoms with van der Waals surface area (Å²) in [4.78, 5) is 43.3. The zero-order valence-corrected chi connectivity index (χ0v) is 23.1. The molecule has 11 heteroatoms. The van der Waals surface area contributed by atoms with Gasteiger partial charge < -0.3 is 25.8 Å². The molecule has 0 bridgehead atoms. The number of aromatic nitrogens is 4. The van der Waals surface area contributed by atoms with Gasteiger partial charge in [-0.2, -0.15) is 0 Å². The van der Waals surface area contributed by atoms with Gasteiger partial charge in [-0.05, 0) is 68.7 Å². The van der Waals surface area contributed by atoms with Crippen LogP contribution in [0.5, 0.6) is 0 Å². The van der Waals surface area contributed by atoms with Crippen molar-refractivity contribution in [3.63, 3.8) is 0 Å². The minimum Gasteiger partial charge on any atom is -0.346 e. The number of nitrogens with one attached hydrogen (secondary N) is 4. The smallest absolute Gasteiger partial charge is 0.255 e. The third-order valence-corrected chi connectivity index (χ3v) is 6.23. The normalized spacial score (nSPS) is 11.2. The first kappa shape index (κ1) is 27.5. The predicted molar refractivity (Wildman–Crippen MR) is 163 cm³/mol. The Balaban J connectivity index is 1.22. The van der Waals surface area contributed by atoms with E-state index in [-0.39, 0.29) is 11.8 Å². The lowest BCUT2D eigenvalue weighted by Gasteiger charge is -2.10. The van der Waals surface area contributed by atoms with Crippen molar-refractivity contribution in [1.82, 2.24) is 24.8 Å². The molecular formula is C30H27ClN8O2. The molecule has 0 radical (unpaired) electrons. The monoisotopic (exact) mass is 566 g/mol. The Kier molecular flexibility index (Phi) is 8.33. The lowest BCUT2D eigenvalue weighted by Crippen LogP contribution is -2.14. The number of pyridine rings is 1. The van der Waals surface area contributed by atoms with Crippen LogP contribution in [-0.4, -0.2) is 57.3 Å². The molecule has 0 aliphatic rings. The molecule has 0 atom stereocenters. The van der Waals surface area contributed by atoms with Crippen molar-refractivity contribution < 1.29 is 9.59 Å². The lowest BCUT2D eigenvalue weighted by atomic mass is 10.1. The van der Waals surface area contributed by atoms with Gasteiger partial charge in [0, 0.05) is 58.6 Å². The van der Waals surface area contributed by atoms with Crippen LogP contribution in [0.25, 0.3) is 22.3 Å². The summed E-state index contributed by atoms with van der Waals surface area (Å²) in [6.07, 6.45) is 8.31. The summed E-state index contributed by atoms with van der Waals surface area (Å²) in [6, 6.07) is 17.8. The number of anilines is 4. The molecule has 4 N–H and O–H groups in total. The van der Waals surface area contributed by atoms with Crippen molar-refractivity contribution in [3.05, 3.63) is 102 Å². The van der Waals surface area contributed by atoms with E-state index in [0.717, 1.165) is 22.3 Å². The van der Waals surface area contributed by atoms with E-state index in [2.05, 4.69) is 35.9 Å². The molecule has 5 aromatic rings. The molecule has 0 unspecified atom stereocenters. The molecule has 206 valence electrons. The number of carbonyl (C=O) groups is 2. The summed E-state index contributed by atoms with van der Waals surface area (Å²) >= 11 is 6.39. The zero-order chi connectivity index (χ0) is 28.8. The molecule has 0 aliphatic carbocycles. The van der Waals surface area contributed by atoms with Crippen molar-refractivity contribution in [2.45, 2.75) is 0 Å². The van der Waals surface area contributed by atoms with Gasteiger partial charge in [0.2, 0.25) is 11.9 Å². The molecule has 3 heterocycles. The molecule has 0 aliphatic heterocycles. The SMILES string of the molecule is CN(C)C/C=C/C(=O)Nc1cccc(C(=O)Nc2ccc(Nc3ncc(Cl)c(-c4cnc5[nH]ccc5c4)n3)cc2)c1. The van der Waals surface area contributed by atoms with Crippen LogP contribution in [-0.2, 0) is 4.79 Å². The number of rotatable bonds is 9. The van der Waals surface area contributed by atoms with Gasteiger partial charge in [0.1, 0.15) is 5.65 Å². The molecule has 0 saturated heterocycles. The van der Waals surface area contributed by atoms with E-state index in [4.69, 9.17) is 11.6 Å². The summed E-state index contributed by atoms with van der Waals surface area (Å²) in [5.41, 5.74) is 4.39. The average molecular weight is 567 g/mol. The zero-order valence-electron chi connectivity index (χ0n) is 22.4. The maximum Gasteiger partial charge on any atom is 0.255 e. The van der Waals surface area contributed by atoms with Gasteiger partial charge in [-0.25, -0.2) is 15.0 Å². The Hall–Kier alpha value is -5.06. The Morgan fingerprint density at radius 1 is 0.951 bits per heavy atom. The largest absolute Gasteiger partial charge is 0.346 e. The number of H-pyrrole nitrogens is 1. The fourth-order valence-electron chi connectivity index (χ4n) is 3.96. The van der Waals surface area contributed by atoms with E-state index in [1.165, 1.54) is 6.08 Å². The highest BCUT2D eigenvalue weighted by atomic mass is 35.5. The molecule has 2 aromatic carbocycles. The van der Waals surface area contributed by atoms with E-state index in [1.807, 2.05) is 37.3 Å². The lowest BCUT2D eigenvalue weighted by molar-refractivity contribution is -0.111. The summed E-state index contributed by atoms with van der Waals surface area (Å²) < 4.78 is 0. The Morgan fingerprint density at radius 3 is 2.56 bits per heavy atom. The van der Waals surface area contributed by atoms with Crippen LogP contribution in [0.2, 0.25) is 5.02 Å². The standard InChI is InChI=1S/C30H27ClN8O2/c1-39(2)14-4-7-26(40)35-24-6-3-5-20(16-24)29(41)36-22-8-10-23(11-9-22)37-30-34-18-25(31)27(38-30)21-15-19-12-13-32-28(19)33-17-21/h3-13,15-18H,14H2,1-2H3,(H,32,33)(H,35,40)(H,36,41)(H,34,37,38)/b7-4+. The predicted octanol–water partition coefficient (Wildman–Crippen LogP) is 5.73. The minimum absolute atomic E-state index is 0.261. The Morgan fingerprint density at radius 2 is 1.76 bits per heavy atom. The van der Waals surface area contributed by atoms with E-state index in [9.17, 15) is 9.59 Å². The highest BCUT2D eigenvalue weighted by Gasteiger charge is 2.11. The number of likely N-dealkylation sites (N-methyl/N-ethyl adjacent to an activating group) is 1. The van der Waals surface area contributed by atoms with E-state index >= 15 is 0 Å². The van der Waals surface area contributed by atoms with Crippen molar-refractivity contribution in [1.29, 1.82) is 0 Å². The average Bonchev–Trinajstić information content (AvgIpc) is 3.43. The van der Waals surface area contributed by atoms with Crippen molar-refractivity contribution in [2.75, 3.05) is 36.6 Å². The topological polar surface area (TPSA) is 128 Å². The number of halogens is 1. The first-order chi connectivity index (χ1) is 19.8. The highest BCUT2D eigenvalue weighted by Crippen LogP contribution is 2.28. The van der Waals surface area contributed by atoms with Gasteiger partial charge >= 0.3 is 0 Å². The summed E-state index contributed by atoms with van der Waals surface area (Å²) in [5, 5.41) is 10.2. The van der Waals surface area contributed by atoms with Crippen molar-refractivity contribution >= 4 is 57.5 Å². The van der Waals surface area contributed by atoms with Crippen LogP contribution >= 0.6 is 11.6 Å². The molecule has 2 amide bonds. The molecule has 0 fully saturated rings. The second-order valence-electron chi connectivity index (χ2n) is 9.42. The van der Waals surface area contributed by atoms with E-state index < -0.39 is 0 Å².